The van der Waals surface area contributed by atoms with E-state index >= 15 is 0 Å². The molecule has 2 rings (SSSR count). The molecule has 1 amide bonds. The Balaban J connectivity index is 1.83. The van der Waals surface area contributed by atoms with E-state index < -0.39 is 0 Å². The molecule has 15 heavy (non-hydrogen) atoms. The molecule has 4 nitrogen and oxygen atoms in total. The maximum absolute atomic E-state index is 11.5. The first-order valence-electron chi connectivity index (χ1n) is 5.20. The number of aromatic nitrogens is 1. The molecule has 0 radical (unpaired) electrons. The minimum atomic E-state index is 0.0890. The molecule has 1 aliphatic rings. The molecule has 0 spiro atoms. The van der Waals surface area contributed by atoms with Crippen molar-refractivity contribution in [2.75, 3.05) is 6.54 Å². The summed E-state index contributed by atoms with van der Waals surface area (Å²) in [6, 6.07) is 0.431. The smallest absolute Gasteiger partial charge is 0.227 e. The van der Waals surface area contributed by atoms with Crippen molar-refractivity contribution in [3.8, 4) is 0 Å². The van der Waals surface area contributed by atoms with Crippen molar-refractivity contribution >= 4 is 17.2 Å². The molecule has 1 aliphatic carbocycles. The number of nitrogens with two attached hydrogens (primary N) is 1. The maximum atomic E-state index is 11.5. The van der Waals surface area contributed by atoms with Crippen molar-refractivity contribution in [3.63, 3.8) is 0 Å². The van der Waals surface area contributed by atoms with Crippen LogP contribution in [0.4, 0.5) is 0 Å². The van der Waals surface area contributed by atoms with Crippen molar-refractivity contribution in [1.29, 1.82) is 0 Å². The monoisotopic (exact) mass is 225 g/mol. The number of hydrogen-bond acceptors (Lipinski definition) is 4. The van der Waals surface area contributed by atoms with Crippen LogP contribution in [0.1, 0.15) is 23.5 Å². The number of carbonyl (C=O) groups is 1. The molecule has 1 saturated carbocycles. The van der Waals surface area contributed by atoms with E-state index in [9.17, 15) is 4.79 Å². The maximum Gasteiger partial charge on any atom is 0.227 e. The molecule has 0 bridgehead atoms. The fourth-order valence-corrected chi connectivity index (χ4v) is 2.16. The zero-order chi connectivity index (χ0) is 10.7. The summed E-state index contributed by atoms with van der Waals surface area (Å²) in [5.41, 5.74) is 6.43. The van der Waals surface area contributed by atoms with E-state index in [0.717, 1.165) is 30.0 Å². The average Bonchev–Trinajstić information content (AvgIpc) is 2.88. The minimum absolute atomic E-state index is 0.0890. The average molecular weight is 225 g/mol. The van der Waals surface area contributed by atoms with E-state index in [1.54, 1.807) is 0 Å². The van der Waals surface area contributed by atoms with Crippen LogP contribution in [0.3, 0.4) is 0 Å². The Bertz CT molecular complexity index is 346. The molecule has 0 aliphatic heterocycles. The summed E-state index contributed by atoms with van der Waals surface area (Å²) in [7, 11) is 0. The third-order valence-corrected chi connectivity index (χ3v) is 3.15. The SMILES string of the molecule is NCCc1csc(CC(=O)NC2CC2)n1. The molecular formula is C10H15N3OS. The van der Waals surface area contributed by atoms with Gasteiger partial charge in [0.1, 0.15) is 5.01 Å². The molecule has 0 saturated heterocycles. The van der Waals surface area contributed by atoms with Crippen LogP contribution < -0.4 is 11.1 Å². The molecule has 1 aromatic rings. The zero-order valence-corrected chi connectivity index (χ0v) is 9.35. The zero-order valence-electron chi connectivity index (χ0n) is 8.53. The second-order valence-electron chi connectivity index (χ2n) is 3.79. The van der Waals surface area contributed by atoms with E-state index in [0.29, 0.717) is 19.0 Å². The molecule has 1 fully saturated rings. The first kappa shape index (κ1) is 10.6. The lowest BCUT2D eigenvalue weighted by Crippen LogP contribution is -2.26. The fourth-order valence-electron chi connectivity index (χ4n) is 1.34. The van der Waals surface area contributed by atoms with Gasteiger partial charge in [-0.15, -0.1) is 11.3 Å². The van der Waals surface area contributed by atoms with Gasteiger partial charge < -0.3 is 11.1 Å². The number of nitrogens with zero attached hydrogens (tertiary/aromatic N) is 1. The van der Waals surface area contributed by atoms with Gasteiger partial charge >= 0.3 is 0 Å². The summed E-state index contributed by atoms with van der Waals surface area (Å²) in [5.74, 6) is 0.0890. The first-order valence-corrected chi connectivity index (χ1v) is 6.08. The van der Waals surface area contributed by atoms with Crippen LogP contribution in [-0.2, 0) is 17.6 Å². The van der Waals surface area contributed by atoms with Crippen molar-refractivity contribution in [1.82, 2.24) is 10.3 Å². The molecule has 5 heteroatoms. The van der Waals surface area contributed by atoms with Crippen molar-refractivity contribution in [3.05, 3.63) is 16.1 Å². The highest BCUT2D eigenvalue weighted by Crippen LogP contribution is 2.19. The highest BCUT2D eigenvalue weighted by atomic mass is 32.1. The third-order valence-electron chi connectivity index (χ3n) is 2.25. The highest BCUT2D eigenvalue weighted by Gasteiger charge is 2.23. The summed E-state index contributed by atoms with van der Waals surface area (Å²) in [6.45, 7) is 0.609. The second kappa shape index (κ2) is 4.72. The quantitative estimate of drug-likeness (QED) is 0.765. The predicted octanol–water partition coefficient (Wildman–Crippen LogP) is 0.465. The van der Waals surface area contributed by atoms with Gasteiger partial charge in [0, 0.05) is 17.8 Å². The Hall–Kier alpha value is -0.940. The van der Waals surface area contributed by atoms with E-state index in [4.69, 9.17) is 5.73 Å². The number of nitrogens with one attached hydrogen (secondary N) is 1. The lowest BCUT2D eigenvalue weighted by Gasteiger charge is -1.99. The van der Waals surface area contributed by atoms with Gasteiger partial charge in [-0.3, -0.25) is 4.79 Å². The van der Waals surface area contributed by atoms with Gasteiger partial charge in [-0.25, -0.2) is 4.98 Å². The van der Waals surface area contributed by atoms with Gasteiger partial charge in [0.25, 0.3) is 0 Å². The van der Waals surface area contributed by atoms with Crippen molar-refractivity contribution in [2.24, 2.45) is 5.73 Å². The largest absolute Gasteiger partial charge is 0.353 e. The van der Waals surface area contributed by atoms with Crippen LogP contribution in [-0.4, -0.2) is 23.5 Å². The highest BCUT2D eigenvalue weighted by molar-refractivity contribution is 7.09. The molecule has 1 heterocycles. The molecule has 1 aromatic heterocycles. The van der Waals surface area contributed by atoms with Crippen molar-refractivity contribution < 1.29 is 4.79 Å². The number of hydrogen-bond donors (Lipinski definition) is 2. The number of amides is 1. The third kappa shape index (κ3) is 3.28. The normalized spacial score (nSPS) is 15.3. The van der Waals surface area contributed by atoms with Gasteiger partial charge in [-0.2, -0.15) is 0 Å². The van der Waals surface area contributed by atoms with E-state index in [-0.39, 0.29) is 5.91 Å². The summed E-state index contributed by atoms with van der Waals surface area (Å²) >= 11 is 1.54. The Morgan fingerprint density at radius 2 is 2.47 bits per heavy atom. The number of thiazole rings is 1. The first-order chi connectivity index (χ1) is 7.28. The Morgan fingerprint density at radius 3 is 3.13 bits per heavy atom. The van der Waals surface area contributed by atoms with Crippen LogP contribution >= 0.6 is 11.3 Å². The fraction of sp³-hybridized carbons (Fsp3) is 0.600. The van der Waals surface area contributed by atoms with Gasteiger partial charge in [0.15, 0.2) is 0 Å². The molecule has 0 unspecified atom stereocenters. The van der Waals surface area contributed by atoms with Gasteiger partial charge in [-0.05, 0) is 19.4 Å². The number of carbonyl (C=O) groups excluding carboxylic acids is 1. The minimum Gasteiger partial charge on any atom is -0.353 e. The molecule has 3 N–H and O–H groups in total. The van der Waals surface area contributed by atoms with Gasteiger partial charge in [0.2, 0.25) is 5.91 Å². The Labute approximate surface area is 92.9 Å². The van der Waals surface area contributed by atoms with Crippen LogP contribution in [0.2, 0.25) is 0 Å². The van der Waals surface area contributed by atoms with Gasteiger partial charge in [-0.1, -0.05) is 0 Å². The van der Waals surface area contributed by atoms with Crippen LogP contribution in [0.25, 0.3) is 0 Å². The standard InChI is InChI=1S/C10H15N3OS/c11-4-3-8-6-15-10(13-8)5-9(14)12-7-1-2-7/h6-7H,1-5,11H2,(H,12,14). The van der Waals surface area contributed by atoms with Crippen molar-refractivity contribution in [2.45, 2.75) is 31.7 Å². The molecule has 0 aromatic carbocycles. The second-order valence-corrected chi connectivity index (χ2v) is 4.73. The Morgan fingerprint density at radius 1 is 1.67 bits per heavy atom. The lowest BCUT2D eigenvalue weighted by molar-refractivity contribution is -0.120. The number of rotatable bonds is 5. The van der Waals surface area contributed by atoms with E-state index in [1.165, 1.54) is 11.3 Å². The molecule has 82 valence electrons. The summed E-state index contributed by atoms with van der Waals surface area (Å²) in [4.78, 5) is 15.8. The van der Waals surface area contributed by atoms with E-state index in [1.807, 2.05) is 5.38 Å². The van der Waals surface area contributed by atoms with Crippen LogP contribution in [0, 0.1) is 0 Å². The summed E-state index contributed by atoms with van der Waals surface area (Å²) < 4.78 is 0. The Kier molecular flexibility index (Phi) is 3.33. The van der Waals surface area contributed by atoms with Crippen LogP contribution in [0.15, 0.2) is 5.38 Å². The van der Waals surface area contributed by atoms with Crippen LogP contribution in [0.5, 0.6) is 0 Å². The lowest BCUT2D eigenvalue weighted by atomic mass is 10.3. The molecular weight excluding hydrogens is 210 g/mol. The summed E-state index contributed by atoms with van der Waals surface area (Å²) in [5, 5.41) is 5.81. The van der Waals surface area contributed by atoms with E-state index in [2.05, 4.69) is 10.3 Å². The molecule has 0 atom stereocenters. The predicted molar refractivity (Wildman–Crippen MR) is 59.7 cm³/mol. The summed E-state index contributed by atoms with van der Waals surface area (Å²) in [6.07, 6.45) is 3.45. The topological polar surface area (TPSA) is 68.0 Å². The van der Waals surface area contributed by atoms with Gasteiger partial charge in [0.05, 0.1) is 12.1 Å².